The third-order valence-corrected chi connectivity index (χ3v) is 2.48. The smallest absolute Gasteiger partial charge is 0.383 e. The van der Waals surface area contributed by atoms with E-state index in [1.165, 1.54) is 14.2 Å². The van der Waals surface area contributed by atoms with E-state index >= 15 is 0 Å². The molecule has 114 valence electrons. The summed E-state index contributed by atoms with van der Waals surface area (Å²) in [7, 11) is 3.01. The molecule has 0 aliphatic heterocycles. The SMILES string of the molecule is COCCN(CCOC)c1cc(C(F)(F)F)nc(N)n1. The average molecular weight is 294 g/mol. The van der Waals surface area contributed by atoms with Crippen molar-refractivity contribution in [1.29, 1.82) is 0 Å². The Morgan fingerprint density at radius 1 is 1.15 bits per heavy atom. The van der Waals surface area contributed by atoms with Gasteiger partial charge in [0.05, 0.1) is 13.2 Å². The van der Waals surface area contributed by atoms with Crippen molar-refractivity contribution < 1.29 is 22.6 Å². The molecule has 0 saturated carbocycles. The minimum atomic E-state index is -4.57. The fourth-order valence-corrected chi connectivity index (χ4v) is 1.50. The Kier molecular flexibility index (Phi) is 5.96. The van der Waals surface area contributed by atoms with Crippen molar-refractivity contribution in [2.45, 2.75) is 6.18 Å². The predicted octanol–water partition coefficient (Wildman–Crippen LogP) is 1.18. The fourth-order valence-electron chi connectivity index (χ4n) is 1.50. The van der Waals surface area contributed by atoms with E-state index in [0.717, 1.165) is 6.07 Å². The first-order valence-electron chi connectivity index (χ1n) is 5.83. The van der Waals surface area contributed by atoms with E-state index < -0.39 is 17.8 Å². The normalized spacial score (nSPS) is 11.7. The van der Waals surface area contributed by atoms with Crippen LogP contribution in [-0.4, -0.2) is 50.5 Å². The zero-order chi connectivity index (χ0) is 15.2. The van der Waals surface area contributed by atoms with Crippen LogP contribution >= 0.6 is 0 Å². The van der Waals surface area contributed by atoms with Gasteiger partial charge in [-0.15, -0.1) is 0 Å². The van der Waals surface area contributed by atoms with Crippen LogP contribution < -0.4 is 10.6 Å². The molecule has 9 heteroatoms. The molecule has 20 heavy (non-hydrogen) atoms. The summed E-state index contributed by atoms with van der Waals surface area (Å²) >= 11 is 0. The molecule has 0 bridgehead atoms. The van der Waals surface area contributed by atoms with Crippen LogP contribution in [0.15, 0.2) is 6.07 Å². The van der Waals surface area contributed by atoms with Crippen LogP contribution in [0.2, 0.25) is 0 Å². The molecule has 0 aliphatic carbocycles. The molecule has 0 saturated heterocycles. The van der Waals surface area contributed by atoms with E-state index in [-0.39, 0.29) is 5.82 Å². The summed E-state index contributed by atoms with van der Waals surface area (Å²) in [4.78, 5) is 8.63. The Balaban J connectivity index is 3.02. The van der Waals surface area contributed by atoms with Crippen LogP contribution in [0.5, 0.6) is 0 Å². The minimum Gasteiger partial charge on any atom is -0.383 e. The van der Waals surface area contributed by atoms with E-state index in [0.29, 0.717) is 26.3 Å². The number of hydrogen-bond donors (Lipinski definition) is 1. The number of halogens is 3. The number of nitrogens with zero attached hydrogens (tertiary/aromatic N) is 3. The van der Waals surface area contributed by atoms with Crippen LogP contribution in [0.25, 0.3) is 0 Å². The summed E-state index contributed by atoms with van der Waals surface area (Å²) < 4.78 is 47.9. The Morgan fingerprint density at radius 2 is 1.70 bits per heavy atom. The van der Waals surface area contributed by atoms with Gasteiger partial charge >= 0.3 is 6.18 Å². The minimum absolute atomic E-state index is 0.0962. The summed E-state index contributed by atoms with van der Waals surface area (Å²) in [5, 5.41) is 0. The van der Waals surface area contributed by atoms with Crippen LogP contribution in [0, 0.1) is 0 Å². The molecule has 1 heterocycles. The Bertz CT molecular complexity index is 421. The summed E-state index contributed by atoms with van der Waals surface area (Å²) in [6.45, 7) is 1.42. The highest BCUT2D eigenvalue weighted by Gasteiger charge is 2.34. The first kappa shape index (κ1) is 16.4. The zero-order valence-electron chi connectivity index (χ0n) is 11.3. The van der Waals surface area contributed by atoms with E-state index in [4.69, 9.17) is 15.2 Å². The van der Waals surface area contributed by atoms with Crippen molar-refractivity contribution in [3.63, 3.8) is 0 Å². The van der Waals surface area contributed by atoms with Crippen molar-refractivity contribution >= 4 is 11.8 Å². The van der Waals surface area contributed by atoms with Gasteiger partial charge in [-0.3, -0.25) is 0 Å². The first-order chi connectivity index (χ1) is 9.38. The number of aromatic nitrogens is 2. The summed E-state index contributed by atoms with van der Waals surface area (Å²) in [6, 6.07) is 0.863. The topological polar surface area (TPSA) is 73.5 Å². The van der Waals surface area contributed by atoms with Gasteiger partial charge in [-0.25, -0.2) is 4.98 Å². The molecule has 2 N–H and O–H groups in total. The molecular weight excluding hydrogens is 277 g/mol. The Labute approximate surface area is 114 Å². The van der Waals surface area contributed by atoms with Crippen molar-refractivity contribution in [1.82, 2.24) is 9.97 Å². The van der Waals surface area contributed by atoms with Gasteiger partial charge in [0.2, 0.25) is 5.95 Å². The van der Waals surface area contributed by atoms with Crippen LogP contribution in [0.1, 0.15) is 5.69 Å². The fraction of sp³-hybridized carbons (Fsp3) is 0.636. The van der Waals surface area contributed by atoms with Crippen LogP contribution in [-0.2, 0) is 15.7 Å². The zero-order valence-corrected chi connectivity index (χ0v) is 11.3. The summed E-state index contributed by atoms with van der Waals surface area (Å²) in [5.41, 5.74) is 4.27. The van der Waals surface area contributed by atoms with Gasteiger partial charge in [-0.1, -0.05) is 0 Å². The molecule has 0 radical (unpaired) electrons. The summed E-state index contributed by atoms with van der Waals surface area (Å²) in [5.74, 6) is -0.325. The molecular formula is C11H17F3N4O2. The van der Waals surface area contributed by atoms with E-state index in [1.807, 2.05) is 0 Å². The van der Waals surface area contributed by atoms with E-state index in [9.17, 15) is 13.2 Å². The second kappa shape index (κ2) is 7.25. The van der Waals surface area contributed by atoms with Gasteiger partial charge in [0.1, 0.15) is 5.82 Å². The lowest BCUT2D eigenvalue weighted by Crippen LogP contribution is -2.32. The Hall–Kier alpha value is -1.61. The molecule has 1 aromatic rings. The standard InChI is InChI=1S/C11H17F3N4O2/c1-19-5-3-18(4-6-20-2)9-7-8(11(12,13)14)16-10(15)17-9/h7H,3-6H2,1-2H3,(H2,15,16,17). The number of rotatable bonds is 7. The number of ether oxygens (including phenoxy) is 2. The molecule has 0 unspecified atom stereocenters. The third-order valence-electron chi connectivity index (χ3n) is 2.48. The van der Waals surface area contributed by atoms with Crippen LogP contribution in [0.3, 0.4) is 0 Å². The lowest BCUT2D eigenvalue weighted by Gasteiger charge is -2.23. The predicted molar refractivity (Wildman–Crippen MR) is 67.4 cm³/mol. The molecule has 0 aromatic carbocycles. The number of anilines is 2. The molecule has 1 rings (SSSR count). The van der Waals surface area contributed by atoms with E-state index in [2.05, 4.69) is 9.97 Å². The molecule has 0 fully saturated rings. The van der Waals surface area contributed by atoms with Gasteiger partial charge in [-0.2, -0.15) is 18.2 Å². The highest BCUT2D eigenvalue weighted by atomic mass is 19.4. The number of nitrogen functional groups attached to an aromatic ring is 1. The summed E-state index contributed by atoms with van der Waals surface area (Å²) in [6.07, 6.45) is -4.57. The largest absolute Gasteiger partial charge is 0.433 e. The lowest BCUT2D eigenvalue weighted by molar-refractivity contribution is -0.141. The second-order valence-electron chi connectivity index (χ2n) is 3.94. The number of nitrogens with two attached hydrogens (primary N) is 1. The first-order valence-corrected chi connectivity index (χ1v) is 5.83. The molecule has 1 aromatic heterocycles. The monoisotopic (exact) mass is 294 g/mol. The van der Waals surface area contributed by atoms with Crippen molar-refractivity contribution in [2.75, 3.05) is 51.2 Å². The molecule has 0 aliphatic rings. The van der Waals surface area contributed by atoms with Crippen LogP contribution in [0.4, 0.5) is 24.9 Å². The molecule has 6 nitrogen and oxygen atoms in total. The van der Waals surface area contributed by atoms with Crippen molar-refractivity contribution in [3.8, 4) is 0 Å². The van der Waals surface area contributed by atoms with Gasteiger partial charge < -0.3 is 20.1 Å². The highest BCUT2D eigenvalue weighted by molar-refractivity contribution is 5.44. The van der Waals surface area contributed by atoms with Gasteiger partial charge in [0.15, 0.2) is 5.69 Å². The maximum atomic E-state index is 12.7. The maximum absolute atomic E-state index is 12.7. The van der Waals surface area contributed by atoms with Gasteiger partial charge in [0.25, 0.3) is 0 Å². The second-order valence-corrected chi connectivity index (χ2v) is 3.94. The van der Waals surface area contributed by atoms with Gasteiger partial charge in [0, 0.05) is 33.4 Å². The molecule has 0 amide bonds. The van der Waals surface area contributed by atoms with Crippen molar-refractivity contribution in [3.05, 3.63) is 11.8 Å². The maximum Gasteiger partial charge on any atom is 0.433 e. The lowest BCUT2D eigenvalue weighted by atomic mass is 10.3. The average Bonchev–Trinajstić information content (AvgIpc) is 2.37. The Morgan fingerprint density at radius 3 is 2.15 bits per heavy atom. The number of hydrogen-bond acceptors (Lipinski definition) is 6. The third kappa shape index (κ3) is 4.82. The number of methoxy groups -OCH3 is 2. The molecule has 0 spiro atoms. The highest BCUT2D eigenvalue weighted by Crippen LogP contribution is 2.30. The van der Waals surface area contributed by atoms with E-state index in [1.54, 1.807) is 4.90 Å². The van der Waals surface area contributed by atoms with Gasteiger partial charge in [-0.05, 0) is 0 Å². The quantitative estimate of drug-likeness (QED) is 0.814. The molecule has 0 atom stereocenters. The number of alkyl halides is 3. The van der Waals surface area contributed by atoms with Crippen molar-refractivity contribution in [2.24, 2.45) is 0 Å².